The minimum atomic E-state index is -0.604. The molecular weight excluding hydrogens is 190 g/mol. The van der Waals surface area contributed by atoms with Crippen LogP contribution >= 0.6 is 0 Å². The Kier molecular flexibility index (Phi) is 3.06. The van der Waals surface area contributed by atoms with E-state index >= 15 is 0 Å². The van der Waals surface area contributed by atoms with Crippen molar-refractivity contribution < 1.29 is 9.84 Å². The van der Waals surface area contributed by atoms with Gasteiger partial charge in [-0.05, 0) is 24.7 Å². The average molecular weight is 213 g/mol. The molecule has 88 valence electrons. The van der Waals surface area contributed by atoms with Gasteiger partial charge in [-0.15, -0.1) is 0 Å². The van der Waals surface area contributed by atoms with E-state index in [9.17, 15) is 5.11 Å². The van der Waals surface area contributed by atoms with E-state index in [0.717, 1.165) is 6.42 Å². The van der Waals surface area contributed by atoms with Crippen molar-refractivity contribution in [2.45, 2.75) is 51.2 Å². The summed E-state index contributed by atoms with van der Waals surface area (Å²) in [5, 5.41) is 13.6. The van der Waals surface area contributed by atoms with Crippen LogP contribution in [0.1, 0.15) is 39.5 Å². The summed E-state index contributed by atoms with van der Waals surface area (Å²) in [6.45, 7) is 6.53. The van der Waals surface area contributed by atoms with Gasteiger partial charge < -0.3 is 15.2 Å². The van der Waals surface area contributed by atoms with Crippen molar-refractivity contribution >= 4 is 0 Å². The van der Waals surface area contributed by atoms with E-state index in [1.165, 1.54) is 19.3 Å². The molecule has 1 aliphatic carbocycles. The van der Waals surface area contributed by atoms with Crippen LogP contribution in [-0.2, 0) is 4.74 Å². The Bertz CT molecular complexity index is 222. The molecule has 1 saturated heterocycles. The second-order valence-corrected chi connectivity index (χ2v) is 6.01. The molecule has 0 aromatic carbocycles. The third-order valence-corrected chi connectivity index (χ3v) is 3.77. The highest BCUT2D eigenvalue weighted by atomic mass is 16.5. The lowest BCUT2D eigenvalue weighted by Crippen LogP contribution is -2.44. The Morgan fingerprint density at radius 1 is 1.40 bits per heavy atom. The van der Waals surface area contributed by atoms with Gasteiger partial charge in [-0.1, -0.05) is 13.8 Å². The highest BCUT2D eigenvalue weighted by Crippen LogP contribution is 2.37. The topological polar surface area (TPSA) is 41.5 Å². The fourth-order valence-corrected chi connectivity index (χ4v) is 2.68. The standard InChI is InChI=1S/C12H23NO2/c1-11(2)4-3-10(7-11)13-8-12(14)5-6-15-9-12/h10,13-14H,3-9H2,1-2H3. The van der Waals surface area contributed by atoms with Crippen LogP contribution in [0.15, 0.2) is 0 Å². The van der Waals surface area contributed by atoms with E-state index < -0.39 is 5.60 Å². The molecule has 0 amide bonds. The molecule has 1 heterocycles. The number of nitrogens with one attached hydrogen (secondary N) is 1. The highest BCUT2D eigenvalue weighted by molar-refractivity contribution is 4.90. The molecule has 3 heteroatoms. The summed E-state index contributed by atoms with van der Waals surface area (Å²) in [6, 6.07) is 0.588. The summed E-state index contributed by atoms with van der Waals surface area (Å²) in [6.07, 6.45) is 4.53. The lowest BCUT2D eigenvalue weighted by Gasteiger charge is -2.24. The Labute approximate surface area is 92.2 Å². The molecule has 15 heavy (non-hydrogen) atoms. The van der Waals surface area contributed by atoms with Crippen LogP contribution < -0.4 is 5.32 Å². The Morgan fingerprint density at radius 3 is 2.73 bits per heavy atom. The van der Waals surface area contributed by atoms with Crippen LogP contribution in [0.5, 0.6) is 0 Å². The molecule has 2 unspecified atom stereocenters. The first-order valence-electron chi connectivity index (χ1n) is 6.03. The molecule has 1 saturated carbocycles. The first-order chi connectivity index (χ1) is 6.99. The smallest absolute Gasteiger partial charge is 0.102 e. The number of hydrogen-bond donors (Lipinski definition) is 2. The molecule has 0 aromatic heterocycles. The lowest BCUT2D eigenvalue weighted by atomic mass is 9.91. The van der Waals surface area contributed by atoms with E-state index in [-0.39, 0.29) is 0 Å². The SMILES string of the molecule is CC1(C)CCC(NCC2(O)CCOC2)C1. The maximum absolute atomic E-state index is 10.1. The van der Waals surface area contributed by atoms with Gasteiger partial charge in [0, 0.05) is 25.6 Å². The maximum atomic E-state index is 10.1. The molecule has 2 rings (SSSR count). The number of ether oxygens (including phenoxy) is 1. The molecule has 0 spiro atoms. The van der Waals surface area contributed by atoms with Crippen molar-refractivity contribution in [1.82, 2.24) is 5.32 Å². The van der Waals surface area contributed by atoms with E-state index in [0.29, 0.717) is 31.2 Å². The molecule has 0 radical (unpaired) electrons. The predicted octanol–water partition coefficient (Wildman–Crippen LogP) is 1.31. The number of rotatable bonds is 3. The van der Waals surface area contributed by atoms with Crippen LogP contribution in [0.2, 0.25) is 0 Å². The molecule has 2 fully saturated rings. The van der Waals surface area contributed by atoms with Crippen molar-refractivity contribution in [2.75, 3.05) is 19.8 Å². The van der Waals surface area contributed by atoms with Gasteiger partial charge in [-0.3, -0.25) is 0 Å². The van der Waals surface area contributed by atoms with Crippen molar-refractivity contribution in [3.63, 3.8) is 0 Å². The number of aliphatic hydroxyl groups is 1. The van der Waals surface area contributed by atoms with Gasteiger partial charge in [0.2, 0.25) is 0 Å². The van der Waals surface area contributed by atoms with Crippen molar-refractivity contribution in [1.29, 1.82) is 0 Å². The molecule has 2 aliphatic rings. The van der Waals surface area contributed by atoms with Crippen LogP contribution in [0, 0.1) is 5.41 Å². The Balaban J connectivity index is 1.74. The maximum Gasteiger partial charge on any atom is 0.102 e. The normalized spacial score (nSPS) is 39.8. The molecule has 1 aliphatic heterocycles. The van der Waals surface area contributed by atoms with E-state index in [1.54, 1.807) is 0 Å². The summed E-state index contributed by atoms with van der Waals surface area (Å²) < 4.78 is 5.23. The summed E-state index contributed by atoms with van der Waals surface area (Å²) in [4.78, 5) is 0. The van der Waals surface area contributed by atoms with Crippen LogP contribution in [0.3, 0.4) is 0 Å². The van der Waals surface area contributed by atoms with Crippen molar-refractivity contribution in [3.8, 4) is 0 Å². The average Bonchev–Trinajstić information content (AvgIpc) is 2.70. The molecule has 0 aromatic rings. The summed E-state index contributed by atoms with van der Waals surface area (Å²) in [5.74, 6) is 0. The van der Waals surface area contributed by atoms with Gasteiger partial charge in [-0.25, -0.2) is 0 Å². The van der Waals surface area contributed by atoms with Crippen LogP contribution in [0.25, 0.3) is 0 Å². The fourth-order valence-electron chi connectivity index (χ4n) is 2.68. The highest BCUT2D eigenvalue weighted by Gasteiger charge is 2.35. The fraction of sp³-hybridized carbons (Fsp3) is 1.00. The summed E-state index contributed by atoms with van der Waals surface area (Å²) in [7, 11) is 0. The number of hydrogen-bond acceptors (Lipinski definition) is 3. The molecule has 3 nitrogen and oxygen atoms in total. The third kappa shape index (κ3) is 2.92. The summed E-state index contributed by atoms with van der Waals surface area (Å²) in [5.41, 5.74) is -0.126. The van der Waals surface area contributed by atoms with E-state index in [4.69, 9.17) is 4.74 Å². The van der Waals surface area contributed by atoms with Gasteiger partial charge in [0.05, 0.1) is 6.61 Å². The van der Waals surface area contributed by atoms with Gasteiger partial charge in [0.1, 0.15) is 5.60 Å². The van der Waals surface area contributed by atoms with Crippen molar-refractivity contribution in [3.05, 3.63) is 0 Å². The Hall–Kier alpha value is -0.120. The Morgan fingerprint density at radius 2 is 2.20 bits per heavy atom. The van der Waals surface area contributed by atoms with Crippen molar-refractivity contribution in [2.24, 2.45) is 5.41 Å². The van der Waals surface area contributed by atoms with Crippen LogP contribution in [0.4, 0.5) is 0 Å². The predicted molar refractivity (Wildman–Crippen MR) is 59.8 cm³/mol. The molecule has 2 atom stereocenters. The van der Waals surface area contributed by atoms with Gasteiger partial charge in [-0.2, -0.15) is 0 Å². The molecule has 0 bridgehead atoms. The monoisotopic (exact) mass is 213 g/mol. The molecular formula is C12H23NO2. The van der Waals surface area contributed by atoms with Gasteiger partial charge >= 0.3 is 0 Å². The first-order valence-corrected chi connectivity index (χ1v) is 6.03. The van der Waals surface area contributed by atoms with E-state index in [2.05, 4.69) is 19.2 Å². The van der Waals surface area contributed by atoms with Crippen LogP contribution in [-0.4, -0.2) is 36.5 Å². The van der Waals surface area contributed by atoms with Gasteiger partial charge in [0.15, 0.2) is 0 Å². The van der Waals surface area contributed by atoms with Gasteiger partial charge in [0.25, 0.3) is 0 Å². The second-order valence-electron chi connectivity index (χ2n) is 6.01. The minimum Gasteiger partial charge on any atom is -0.386 e. The lowest BCUT2D eigenvalue weighted by molar-refractivity contribution is 0.0247. The first kappa shape index (κ1) is 11.4. The molecule has 2 N–H and O–H groups in total. The van der Waals surface area contributed by atoms with E-state index in [1.807, 2.05) is 0 Å². The minimum absolute atomic E-state index is 0.479. The second kappa shape index (κ2) is 4.04. The summed E-state index contributed by atoms with van der Waals surface area (Å²) >= 11 is 0. The zero-order chi connectivity index (χ0) is 10.9. The largest absolute Gasteiger partial charge is 0.386 e. The quantitative estimate of drug-likeness (QED) is 0.742. The zero-order valence-corrected chi connectivity index (χ0v) is 9.88. The third-order valence-electron chi connectivity index (χ3n) is 3.77. The zero-order valence-electron chi connectivity index (χ0n) is 9.88.